The number of hydrogen-bond donors (Lipinski definition) is 3. The van der Waals surface area contributed by atoms with E-state index in [2.05, 4.69) is 10.4 Å². The van der Waals surface area contributed by atoms with Crippen LogP contribution in [0.15, 0.2) is 36.4 Å². The number of amides is 2. The van der Waals surface area contributed by atoms with Crippen LogP contribution >= 0.6 is 12.4 Å². The average molecular weight is 338 g/mol. The molecule has 8 heteroatoms. The Kier molecular flexibility index (Phi) is 5.89. The van der Waals surface area contributed by atoms with Gasteiger partial charge in [0.15, 0.2) is 5.69 Å². The second-order valence-electron chi connectivity index (χ2n) is 5.70. The van der Waals surface area contributed by atoms with Crippen molar-refractivity contribution in [2.75, 3.05) is 6.54 Å². The summed E-state index contributed by atoms with van der Waals surface area (Å²) in [7, 11) is 0. The summed E-state index contributed by atoms with van der Waals surface area (Å²) in [4.78, 5) is 23.7. The number of primary amides is 1. The maximum atomic E-state index is 12.1. The number of benzene rings is 1. The first-order chi connectivity index (χ1) is 10.3. The Morgan fingerprint density at radius 1 is 1.26 bits per heavy atom. The molecule has 0 aliphatic carbocycles. The molecule has 0 spiro atoms. The first-order valence-electron chi connectivity index (χ1n) is 6.80. The summed E-state index contributed by atoms with van der Waals surface area (Å²) in [5, 5.41) is 6.84. The molecular weight excluding hydrogens is 318 g/mol. The second kappa shape index (κ2) is 7.26. The lowest BCUT2D eigenvalue weighted by Gasteiger charge is -2.18. The Balaban J connectivity index is 0.00000264. The normalized spacial score (nSPS) is 10.7. The molecule has 1 heterocycles. The van der Waals surface area contributed by atoms with Gasteiger partial charge in [0, 0.05) is 18.2 Å². The minimum atomic E-state index is -0.658. The zero-order chi connectivity index (χ0) is 16.3. The smallest absolute Gasteiger partial charge is 0.271 e. The molecule has 0 saturated carbocycles. The first kappa shape index (κ1) is 18.7. The number of nitrogens with zero attached hydrogens (tertiary/aromatic N) is 2. The van der Waals surface area contributed by atoms with Gasteiger partial charge < -0.3 is 16.8 Å². The number of aromatic nitrogens is 2. The van der Waals surface area contributed by atoms with Crippen molar-refractivity contribution in [2.45, 2.75) is 19.4 Å². The predicted octanol–water partition coefficient (Wildman–Crippen LogP) is 0.860. The van der Waals surface area contributed by atoms with Crippen LogP contribution in [-0.4, -0.2) is 33.7 Å². The lowest BCUT2D eigenvalue weighted by atomic mass is 10.1. The molecule has 2 amide bonds. The molecule has 7 nitrogen and oxygen atoms in total. The Morgan fingerprint density at radius 2 is 1.87 bits per heavy atom. The van der Waals surface area contributed by atoms with E-state index in [1.807, 2.05) is 6.07 Å². The summed E-state index contributed by atoms with van der Waals surface area (Å²) in [5.41, 5.74) is 11.5. The molecule has 0 radical (unpaired) electrons. The van der Waals surface area contributed by atoms with Crippen molar-refractivity contribution < 1.29 is 9.59 Å². The number of nitrogens with one attached hydrogen (secondary N) is 1. The van der Waals surface area contributed by atoms with Crippen LogP contribution < -0.4 is 16.8 Å². The molecule has 5 N–H and O–H groups in total. The van der Waals surface area contributed by atoms with Crippen LogP contribution in [0.25, 0.3) is 5.69 Å². The Bertz CT molecular complexity index is 692. The fourth-order valence-electron chi connectivity index (χ4n) is 1.83. The summed E-state index contributed by atoms with van der Waals surface area (Å²) >= 11 is 0. The maximum Gasteiger partial charge on any atom is 0.271 e. The fourth-order valence-corrected chi connectivity index (χ4v) is 1.83. The molecule has 0 atom stereocenters. The average Bonchev–Trinajstić information content (AvgIpc) is 2.90. The summed E-state index contributed by atoms with van der Waals surface area (Å²) in [5.74, 6) is -1.06. The third-order valence-corrected chi connectivity index (χ3v) is 2.90. The van der Waals surface area contributed by atoms with Crippen LogP contribution in [0.1, 0.15) is 34.8 Å². The zero-order valence-corrected chi connectivity index (χ0v) is 13.8. The summed E-state index contributed by atoms with van der Waals surface area (Å²) in [6.45, 7) is 3.88. The Labute approximate surface area is 140 Å². The van der Waals surface area contributed by atoms with Crippen LogP contribution in [-0.2, 0) is 0 Å². The van der Waals surface area contributed by atoms with E-state index in [0.717, 1.165) is 0 Å². The highest BCUT2D eigenvalue weighted by molar-refractivity contribution is 5.97. The van der Waals surface area contributed by atoms with E-state index in [-0.39, 0.29) is 30.3 Å². The minimum absolute atomic E-state index is 0. The monoisotopic (exact) mass is 337 g/mol. The zero-order valence-electron chi connectivity index (χ0n) is 12.9. The molecule has 0 saturated heterocycles. The minimum Gasteiger partial charge on any atom is -0.364 e. The fraction of sp³-hybridized carbons (Fsp3) is 0.267. The molecule has 0 unspecified atom stereocenters. The van der Waals surface area contributed by atoms with Crippen molar-refractivity contribution in [2.24, 2.45) is 11.5 Å². The summed E-state index contributed by atoms with van der Waals surface area (Å²) in [6.07, 6.45) is 0. The van der Waals surface area contributed by atoms with Crippen molar-refractivity contribution in [3.8, 4) is 5.69 Å². The first-order valence-corrected chi connectivity index (χ1v) is 6.80. The predicted molar refractivity (Wildman–Crippen MR) is 89.9 cm³/mol. The van der Waals surface area contributed by atoms with E-state index in [1.54, 1.807) is 38.1 Å². The van der Waals surface area contributed by atoms with Crippen LogP contribution in [0.5, 0.6) is 0 Å². The van der Waals surface area contributed by atoms with Gasteiger partial charge in [-0.25, -0.2) is 4.68 Å². The van der Waals surface area contributed by atoms with Crippen molar-refractivity contribution in [1.82, 2.24) is 15.1 Å². The third-order valence-electron chi connectivity index (χ3n) is 2.90. The second-order valence-corrected chi connectivity index (χ2v) is 5.70. The number of nitrogens with two attached hydrogens (primary N) is 2. The van der Waals surface area contributed by atoms with Gasteiger partial charge in [0.1, 0.15) is 5.69 Å². The number of carbonyl (C=O) groups is 2. The quantitative estimate of drug-likeness (QED) is 0.750. The molecule has 1 aromatic carbocycles. The van der Waals surface area contributed by atoms with Gasteiger partial charge in [-0.2, -0.15) is 5.10 Å². The van der Waals surface area contributed by atoms with E-state index >= 15 is 0 Å². The van der Waals surface area contributed by atoms with Gasteiger partial charge in [0.25, 0.3) is 11.8 Å². The van der Waals surface area contributed by atoms with Crippen LogP contribution in [0.3, 0.4) is 0 Å². The van der Waals surface area contributed by atoms with Crippen LogP contribution in [0.4, 0.5) is 0 Å². The van der Waals surface area contributed by atoms with Crippen molar-refractivity contribution in [3.05, 3.63) is 47.8 Å². The van der Waals surface area contributed by atoms with E-state index in [9.17, 15) is 9.59 Å². The molecule has 0 fully saturated rings. The Morgan fingerprint density at radius 3 is 2.39 bits per heavy atom. The van der Waals surface area contributed by atoms with E-state index in [0.29, 0.717) is 5.69 Å². The highest BCUT2D eigenvalue weighted by Gasteiger charge is 2.20. The van der Waals surface area contributed by atoms with E-state index < -0.39 is 17.4 Å². The van der Waals surface area contributed by atoms with Gasteiger partial charge in [0.2, 0.25) is 0 Å². The summed E-state index contributed by atoms with van der Waals surface area (Å²) in [6, 6.07) is 10.4. The number of para-hydroxylation sites is 1. The van der Waals surface area contributed by atoms with Gasteiger partial charge in [-0.05, 0) is 26.0 Å². The van der Waals surface area contributed by atoms with Gasteiger partial charge in [0.05, 0.1) is 5.69 Å². The van der Waals surface area contributed by atoms with Gasteiger partial charge in [-0.15, -0.1) is 12.4 Å². The molecule has 0 bridgehead atoms. The molecule has 0 aliphatic rings. The number of carbonyl (C=O) groups excluding carboxylic acids is 2. The molecule has 124 valence electrons. The summed E-state index contributed by atoms with van der Waals surface area (Å²) < 4.78 is 1.35. The van der Waals surface area contributed by atoms with Crippen molar-refractivity contribution in [3.63, 3.8) is 0 Å². The van der Waals surface area contributed by atoms with Gasteiger partial charge >= 0.3 is 0 Å². The van der Waals surface area contributed by atoms with E-state index in [1.165, 1.54) is 10.7 Å². The SMILES string of the molecule is CC(C)(N)CNC(=O)c1cc(C(N)=O)n(-c2ccccc2)n1.Cl. The van der Waals surface area contributed by atoms with Crippen molar-refractivity contribution in [1.29, 1.82) is 0 Å². The number of hydrogen-bond acceptors (Lipinski definition) is 4. The van der Waals surface area contributed by atoms with Crippen LogP contribution in [0, 0.1) is 0 Å². The number of halogens is 1. The molecule has 0 aliphatic heterocycles. The molecule has 1 aromatic heterocycles. The highest BCUT2D eigenvalue weighted by Crippen LogP contribution is 2.12. The highest BCUT2D eigenvalue weighted by atomic mass is 35.5. The van der Waals surface area contributed by atoms with E-state index in [4.69, 9.17) is 11.5 Å². The maximum absolute atomic E-state index is 12.1. The van der Waals surface area contributed by atoms with Gasteiger partial charge in [-0.3, -0.25) is 9.59 Å². The molecular formula is C15H20ClN5O2. The topological polar surface area (TPSA) is 116 Å². The number of rotatable bonds is 5. The lowest BCUT2D eigenvalue weighted by Crippen LogP contribution is -2.45. The standard InChI is InChI=1S/C15H19N5O2.ClH/c1-15(2,17)9-18-14(22)11-8-12(13(16)21)20(19-11)10-6-4-3-5-7-10;/h3-8H,9,17H2,1-2H3,(H2,16,21)(H,18,22);1H. The molecule has 2 rings (SSSR count). The van der Waals surface area contributed by atoms with Crippen molar-refractivity contribution >= 4 is 24.2 Å². The lowest BCUT2D eigenvalue weighted by molar-refractivity contribution is 0.0940. The largest absolute Gasteiger partial charge is 0.364 e. The van der Waals surface area contributed by atoms with Gasteiger partial charge in [-0.1, -0.05) is 18.2 Å². The third kappa shape index (κ3) is 4.80. The van der Waals surface area contributed by atoms with Crippen LogP contribution in [0.2, 0.25) is 0 Å². The molecule has 2 aromatic rings. The molecule has 23 heavy (non-hydrogen) atoms. The Hall–Kier alpha value is -2.38.